The number of fused-ring (bicyclic) bond motifs is 1. The molecule has 3 rings (SSSR count). The van der Waals surface area contributed by atoms with E-state index in [1.165, 1.54) is 0 Å². The Morgan fingerprint density at radius 1 is 1.12 bits per heavy atom. The van der Waals surface area contributed by atoms with Gasteiger partial charge < -0.3 is 19.3 Å². The van der Waals surface area contributed by atoms with Gasteiger partial charge in [0, 0.05) is 44.2 Å². The van der Waals surface area contributed by atoms with Gasteiger partial charge in [0.1, 0.15) is 5.82 Å². The fourth-order valence-electron chi connectivity index (χ4n) is 3.28. The Morgan fingerprint density at radius 3 is 2.44 bits per heavy atom. The Balaban J connectivity index is 1.86. The first-order chi connectivity index (χ1) is 12.2. The molecule has 0 spiro atoms. The number of amides is 1. The van der Waals surface area contributed by atoms with E-state index in [2.05, 4.69) is 9.88 Å². The lowest BCUT2D eigenvalue weighted by Crippen LogP contribution is -2.49. The average Bonchev–Trinajstić information content (AvgIpc) is 2.66. The Labute approximate surface area is 148 Å². The van der Waals surface area contributed by atoms with Crippen molar-refractivity contribution in [1.29, 1.82) is 0 Å². The van der Waals surface area contributed by atoms with Crippen LogP contribution in [0.1, 0.15) is 19.8 Å². The number of hydrogen-bond donors (Lipinski definition) is 0. The van der Waals surface area contributed by atoms with Gasteiger partial charge in [-0.05, 0) is 30.0 Å². The van der Waals surface area contributed by atoms with Crippen molar-refractivity contribution in [1.82, 2.24) is 9.88 Å². The molecular weight excluding hydrogens is 318 g/mol. The summed E-state index contributed by atoms with van der Waals surface area (Å²) in [7, 11) is 3.27. The summed E-state index contributed by atoms with van der Waals surface area (Å²) in [6, 6.07) is 5.92. The number of pyridine rings is 1. The molecule has 0 unspecified atom stereocenters. The number of piperazine rings is 1. The van der Waals surface area contributed by atoms with Crippen LogP contribution in [0.15, 0.2) is 24.4 Å². The highest BCUT2D eigenvalue weighted by Crippen LogP contribution is 2.35. The Hall–Kier alpha value is -2.50. The summed E-state index contributed by atoms with van der Waals surface area (Å²) in [6.07, 6.45) is 3.34. The summed E-state index contributed by atoms with van der Waals surface area (Å²) >= 11 is 0. The maximum absolute atomic E-state index is 12.1. The van der Waals surface area contributed by atoms with Crippen molar-refractivity contribution in [2.45, 2.75) is 19.8 Å². The van der Waals surface area contributed by atoms with Gasteiger partial charge in [-0.3, -0.25) is 4.79 Å². The Morgan fingerprint density at radius 2 is 1.80 bits per heavy atom. The molecule has 6 heteroatoms. The first-order valence-corrected chi connectivity index (χ1v) is 8.71. The highest BCUT2D eigenvalue weighted by atomic mass is 16.5. The quantitative estimate of drug-likeness (QED) is 0.835. The first kappa shape index (κ1) is 17.3. The normalized spacial score (nSPS) is 14.7. The largest absolute Gasteiger partial charge is 0.493 e. The lowest BCUT2D eigenvalue weighted by Gasteiger charge is -2.36. The third-order valence-corrected chi connectivity index (χ3v) is 4.64. The lowest BCUT2D eigenvalue weighted by atomic mass is 10.1. The van der Waals surface area contributed by atoms with Crippen molar-refractivity contribution in [2.24, 2.45) is 0 Å². The Kier molecular flexibility index (Phi) is 5.26. The number of aromatic nitrogens is 1. The molecule has 0 saturated carbocycles. The monoisotopic (exact) mass is 343 g/mol. The van der Waals surface area contributed by atoms with Gasteiger partial charge in [-0.2, -0.15) is 0 Å². The molecule has 0 N–H and O–H groups in total. The van der Waals surface area contributed by atoms with Gasteiger partial charge in [-0.1, -0.05) is 6.92 Å². The number of benzene rings is 1. The number of methoxy groups -OCH3 is 2. The molecule has 0 radical (unpaired) electrons. The Bertz CT molecular complexity index is 755. The van der Waals surface area contributed by atoms with Crippen LogP contribution in [0.5, 0.6) is 11.5 Å². The molecule has 1 aromatic carbocycles. The fraction of sp³-hybridized carbons (Fsp3) is 0.474. The summed E-state index contributed by atoms with van der Waals surface area (Å²) in [5.74, 6) is 2.59. The second kappa shape index (κ2) is 7.59. The lowest BCUT2D eigenvalue weighted by molar-refractivity contribution is -0.131. The second-order valence-corrected chi connectivity index (χ2v) is 6.18. The molecule has 134 valence electrons. The molecule has 2 aromatic rings. The molecule has 1 fully saturated rings. The molecule has 0 atom stereocenters. The van der Waals surface area contributed by atoms with Crippen LogP contribution in [0.3, 0.4) is 0 Å². The number of hydrogen-bond acceptors (Lipinski definition) is 5. The minimum absolute atomic E-state index is 0.249. The highest BCUT2D eigenvalue weighted by molar-refractivity contribution is 5.94. The molecule has 1 aliphatic heterocycles. The van der Waals surface area contributed by atoms with E-state index < -0.39 is 0 Å². The van der Waals surface area contributed by atoms with Crippen molar-refractivity contribution in [3.8, 4) is 11.5 Å². The van der Waals surface area contributed by atoms with Crippen LogP contribution in [-0.2, 0) is 4.79 Å². The number of nitrogens with zero attached hydrogens (tertiary/aromatic N) is 3. The van der Waals surface area contributed by atoms with Crippen LogP contribution < -0.4 is 14.4 Å². The number of ether oxygens (including phenoxy) is 2. The first-order valence-electron chi connectivity index (χ1n) is 8.71. The average molecular weight is 343 g/mol. The number of carbonyl (C=O) groups is 1. The van der Waals surface area contributed by atoms with Crippen molar-refractivity contribution in [3.05, 3.63) is 24.4 Å². The summed E-state index contributed by atoms with van der Waals surface area (Å²) < 4.78 is 10.8. The number of anilines is 1. The van der Waals surface area contributed by atoms with Gasteiger partial charge in [-0.25, -0.2) is 4.98 Å². The molecule has 25 heavy (non-hydrogen) atoms. The van der Waals surface area contributed by atoms with Crippen molar-refractivity contribution < 1.29 is 14.3 Å². The smallest absolute Gasteiger partial charge is 0.222 e. The van der Waals surface area contributed by atoms with E-state index in [0.29, 0.717) is 17.9 Å². The zero-order valence-electron chi connectivity index (χ0n) is 15.1. The maximum atomic E-state index is 12.1. The van der Waals surface area contributed by atoms with Gasteiger partial charge >= 0.3 is 0 Å². The van der Waals surface area contributed by atoms with Crippen LogP contribution in [0.4, 0.5) is 5.82 Å². The SMILES string of the molecule is CCCC(=O)N1CCN(c2nccc3cc(OC)c(OC)cc23)CC1. The highest BCUT2D eigenvalue weighted by Gasteiger charge is 2.23. The third kappa shape index (κ3) is 3.48. The van der Waals surface area contributed by atoms with Crippen molar-refractivity contribution in [2.75, 3.05) is 45.3 Å². The summed E-state index contributed by atoms with van der Waals surface area (Å²) in [4.78, 5) is 20.9. The standard InChI is InChI=1S/C19H25N3O3/c1-4-5-18(23)21-8-10-22(11-9-21)19-15-13-17(25-3)16(24-2)12-14(15)6-7-20-19/h6-7,12-13H,4-5,8-11H2,1-3H3. The molecule has 0 aliphatic carbocycles. The molecule has 1 aliphatic rings. The fourth-order valence-corrected chi connectivity index (χ4v) is 3.28. The predicted molar refractivity (Wildman–Crippen MR) is 98.5 cm³/mol. The summed E-state index contributed by atoms with van der Waals surface area (Å²) in [6.45, 7) is 5.09. The van der Waals surface area contributed by atoms with Gasteiger partial charge in [0.05, 0.1) is 14.2 Å². The van der Waals surface area contributed by atoms with Gasteiger partial charge in [0.25, 0.3) is 0 Å². The maximum Gasteiger partial charge on any atom is 0.222 e. The number of carbonyl (C=O) groups excluding carboxylic acids is 1. The third-order valence-electron chi connectivity index (χ3n) is 4.64. The minimum atomic E-state index is 0.249. The van der Waals surface area contributed by atoms with Crippen LogP contribution >= 0.6 is 0 Å². The van der Waals surface area contributed by atoms with E-state index in [4.69, 9.17) is 9.47 Å². The van der Waals surface area contributed by atoms with Gasteiger partial charge in [0.2, 0.25) is 5.91 Å². The summed E-state index contributed by atoms with van der Waals surface area (Å²) in [5, 5.41) is 2.10. The van der Waals surface area contributed by atoms with Crippen LogP contribution in [0.25, 0.3) is 10.8 Å². The van der Waals surface area contributed by atoms with Crippen molar-refractivity contribution >= 4 is 22.5 Å². The molecule has 6 nitrogen and oxygen atoms in total. The van der Waals surface area contributed by atoms with E-state index in [-0.39, 0.29) is 5.91 Å². The van der Waals surface area contributed by atoms with E-state index in [9.17, 15) is 4.79 Å². The molecule has 2 heterocycles. The zero-order chi connectivity index (χ0) is 17.8. The number of rotatable bonds is 5. The van der Waals surface area contributed by atoms with Crippen LogP contribution in [0, 0.1) is 0 Å². The van der Waals surface area contributed by atoms with E-state index in [1.54, 1.807) is 14.2 Å². The van der Waals surface area contributed by atoms with Crippen LogP contribution in [-0.4, -0.2) is 56.2 Å². The van der Waals surface area contributed by atoms with Gasteiger partial charge in [0.15, 0.2) is 11.5 Å². The molecule has 1 amide bonds. The molecular formula is C19H25N3O3. The topological polar surface area (TPSA) is 54.9 Å². The minimum Gasteiger partial charge on any atom is -0.493 e. The zero-order valence-corrected chi connectivity index (χ0v) is 15.1. The predicted octanol–water partition coefficient (Wildman–Crippen LogP) is 2.70. The molecule has 0 bridgehead atoms. The van der Waals surface area contributed by atoms with Gasteiger partial charge in [-0.15, -0.1) is 0 Å². The second-order valence-electron chi connectivity index (χ2n) is 6.18. The van der Waals surface area contributed by atoms with E-state index in [1.807, 2.05) is 36.2 Å². The summed E-state index contributed by atoms with van der Waals surface area (Å²) in [5.41, 5.74) is 0. The van der Waals surface area contributed by atoms with E-state index >= 15 is 0 Å². The van der Waals surface area contributed by atoms with Crippen molar-refractivity contribution in [3.63, 3.8) is 0 Å². The molecule has 1 saturated heterocycles. The van der Waals surface area contributed by atoms with Crippen LogP contribution in [0.2, 0.25) is 0 Å². The molecule has 1 aromatic heterocycles. The van der Waals surface area contributed by atoms with E-state index in [0.717, 1.165) is 49.2 Å².